The van der Waals surface area contributed by atoms with Crippen molar-refractivity contribution in [2.75, 3.05) is 34.1 Å². The Balaban J connectivity index is 0.000000980. The van der Waals surface area contributed by atoms with Crippen molar-refractivity contribution < 1.29 is 0 Å². The normalized spacial score (nSPS) is 18.3. The molecule has 0 spiro atoms. The number of halogens is 2. The molecule has 0 radical (unpaired) electrons. The molecule has 2 heterocycles. The topological polar surface area (TPSA) is 13.0 Å². The van der Waals surface area contributed by atoms with Crippen LogP contribution in [0.1, 0.15) is 0 Å². The molecule has 0 saturated carbocycles. The fraction of sp³-hybridized carbons (Fsp3) is 0.556. The molecule has 0 aromatic carbocycles. The molecule has 0 bridgehead atoms. The standard InChI is InChI=1S/C9H16N4.2BrH/c1-10-3-5-12(7-10)9-13-6-4-11(2)8-13;;/h3-6H,7-9H2,1-2H3;2*1H. The molecule has 0 aliphatic carbocycles. The molecule has 2 rings (SSSR count). The van der Waals surface area contributed by atoms with Gasteiger partial charge in [0.05, 0.1) is 20.0 Å². The van der Waals surface area contributed by atoms with Crippen LogP contribution in [0.5, 0.6) is 0 Å². The highest BCUT2D eigenvalue weighted by Crippen LogP contribution is 2.08. The quantitative estimate of drug-likeness (QED) is 0.753. The Morgan fingerprint density at radius 2 is 1.20 bits per heavy atom. The van der Waals surface area contributed by atoms with E-state index in [4.69, 9.17) is 0 Å². The Hall–Kier alpha value is -0.360. The summed E-state index contributed by atoms with van der Waals surface area (Å²) in [6.07, 6.45) is 8.46. The zero-order valence-corrected chi connectivity index (χ0v) is 12.5. The van der Waals surface area contributed by atoms with Crippen LogP contribution >= 0.6 is 34.0 Å². The lowest BCUT2D eigenvalue weighted by Gasteiger charge is -2.25. The van der Waals surface area contributed by atoms with Crippen LogP contribution in [0.15, 0.2) is 24.8 Å². The summed E-state index contributed by atoms with van der Waals surface area (Å²) in [5.74, 6) is 0. The second-order valence-electron chi connectivity index (χ2n) is 3.71. The highest BCUT2D eigenvalue weighted by atomic mass is 79.9. The maximum Gasteiger partial charge on any atom is 0.0927 e. The molecule has 0 amide bonds. The van der Waals surface area contributed by atoms with E-state index >= 15 is 0 Å². The zero-order valence-electron chi connectivity index (χ0n) is 9.04. The van der Waals surface area contributed by atoms with Gasteiger partial charge in [-0.1, -0.05) is 0 Å². The molecule has 0 unspecified atom stereocenters. The lowest BCUT2D eigenvalue weighted by atomic mass is 10.7. The first-order valence-electron chi connectivity index (χ1n) is 4.49. The predicted molar refractivity (Wildman–Crippen MR) is 72.7 cm³/mol. The summed E-state index contributed by atoms with van der Waals surface area (Å²) in [5, 5.41) is 0. The minimum Gasteiger partial charge on any atom is -0.362 e. The molecule has 0 aromatic rings. The Labute approximate surface area is 112 Å². The predicted octanol–water partition coefficient (Wildman–Crippen LogP) is 1.45. The lowest BCUT2D eigenvalue weighted by Crippen LogP contribution is -2.34. The van der Waals surface area contributed by atoms with Gasteiger partial charge in [-0.25, -0.2) is 0 Å². The highest BCUT2D eigenvalue weighted by Gasteiger charge is 2.13. The Bertz CT molecular complexity index is 220. The molecule has 0 N–H and O–H groups in total. The van der Waals surface area contributed by atoms with Crippen LogP contribution in [-0.4, -0.2) is 53.7 Å². The van der Waals surface area contributed by atoms with Gasteiger partial charge < -0.3 is 19.6 Å². The van der Waals surface area contributed by atoms with Gasteiger partial charge >= 0.3 is 0 Å². The molecule has 0 fully saturated rings. The summed E-state index contributed by atoms with van der Waals surface area (Å²) in [7, 11) is 4.17. The summed E-state index contributed by atoms with van der Waals surface area (Å²) in [5.41, 5.74) is 0. The number of hydrogen-bond acceptors (Lipinski definition) is 4. The van der Waals surface area contributed by atoms with E-state index in [2.05, 4.69) is 58.5 Å². The molecule has 0 saturated heterocycles. The van der Waals surface area contributed by atoms with Crippen LogP contribution in [-0.2, 0) is 0 Å². The Kier molecular flexibility index (Phi) is 6.12. The molecule has 4 nitrogen and oxygen atoms in total. The molecule has 6 heteroatoms. The van der Waals surface area contributed by atoms with Crippen LogP contribution in [0.25, 0.3) is 0 Å². The molecule has 15 heavy (non-hydrogen) atoms. The van der Waals surface area contributed by atoms with Crippen LogP contribution in [0.4, 0.5) is 0 Å². The molecular weight excluding hydrogens is 324 g/mol. The van der Waals surface area contributed by atoms with E-state index in [9.17, 15) is 0 Å². The average molecular weight is 342 g/mol. The summed E-state index contributed by atoms with van der Waals surface area (Å²) in [6.45, 7) is 2.96. The van der Waals surface area contributed by atoms with Crippen molar-refractivity contribution in [3.8, 4) is 0 Å². The number of rotatable bonds is 2. The second-order valence-corrected chi connectivity index (χ2v) is 3.71. The Morgan fingerprint density at radius 1 is 0.800 bits per heavy atom. The van der Waals surface area contributed by atoms with Gasteiger partial charge in [0, 0.05) is 38.9 Å². The van der Waals surface area contributed by atoms with Gasteiger partial charge in [0.2, 0.25) is 0 Å². The van der Waals surface area contributed by atoms with Crippen LogP contribution in [0.2, 0.25) is 0 Å². The first-order chi connectivity index (χ1) is 6.24. The van der Waals surface area contributed by atoms with Crippen molar-refractivity contribution in [2.45, 2.75) is 0 Å². The van der Waals surface area contributed by atoms with Crippen molar-refractivity contribution in [1.29, 1.82) is 0 Å². The summed E-state index contributed by atoms with van der Waals surface area (Å²) < 4.78 is 0. The first kappa shape index (κ1) is 14.6. The fourth-order valence-corrected chi connectivity index (χ4v) is 1.59. The first-order valence-corrected chi connectivity index (χ1v) is 4.49. The Morgan fingerprint density at radius 3 is 1.47 bits per heavy atom. The summed E-state index contributed by atoms with van der Waals surface area (Å²) in [6, 6.07) is 0. The monoisotopic (exact) mass is 340 g/mol. The van der Waals surface area contributed by atoms with Gasteiger partial charge in [-0.2, -0.15) is 0 Å². The van der Waals surface area contributed by atoms with Crippen molar-refractivity contribution >= 4 is 34.0 Å². The van der Waals surface area contributed by atoms with Gasteiger partial charge in [0.15, 0.2) is 0 Å². The van der Waals surface area contributed by atoms with E-state index in [1.807, 2.05) is 0 Å². The summed E-state index contributed by atoms with van der Waals surface area (Å²) >= 11 is 0. The van der Waals surface area contributed by atoms with Crippen molar-refractivity contribution in [3.63, 3.8) is 0 Å². The molecule has 0 aromatic heterocycles. The number of nitrogens with zero attached hydrogens (tertiary/aromatic N) is 4. The van der Waals surface area contributed by atoms with E-state index in [0.29, 0.717) is 0 Å². The minimum absolute atomic E-state index is 0. The van der Waals surface area contributed by atoms with Crippen LogP contribution in [0.3, 0.4) is 0 Å². The van der Waals surface area contributed by atoms with Gasteiger partial charge in [-0.15, -0.1) is 34.0 Å². The average Bonchev–Trinajstić information content (AvgIpc) is 2.62. The maximum atomic E-state index is 2.28. The lowest BCUT2D eigenvalue weighted by molar-refractivity contribution is 0.179. The van der Waals surface area contributed by atoms with E-state index in [1.165, 1.54) is 0 Å². The van der Waals surface area contributed by atoms with Crippen LogP contribution in [0, 0.1) is 0 Å². The maximum absolute atomic E-state index is 2.28. The third-order valence-electron chi connectivity index (χ3n) is 2.24. The van der Waals surface area contributed by atoms with Gasteiger partial charge in [-0.05, 0) is 0 Å². The second kappa shape index (κ2) is 6.27. The van der Waals surface area contributed by atoms with Gasteiger partial charge in [0.1, 0.15) is 0 Å². The fourth-order valence-electron chi connectivity index (χ4n) is 1.59. The largest absolute Gasteiger partial charge is 0.362 e. The van der Waals surface area contributed by atoms with Crippen LogP contribution < -0.4 is 0 Å². The summed E-state index contributed by atoms with van der Waals surface area (Å²) in [4.78, 5) is 8.90. The van der Waals surface area contributed by atoms with E-state index in [0.717, 1.165) is 20.0 Å². The third-order valence-corrected chi connectivity index (χ3v) is 2.24. The van der Waals surface area contributed by atoms with Crippen molar-refractivity contribution in [3.05, 3.63) is 24.8 Å². The van der Waals surface area contributed by atoms with E-state index in [-0.39, 0.29) is 34.0 Å². The molecular formula is C9H18Br2N4. The molecule has 2 aliphatic rings. The van der Waals surface area contributed by atoms with Gasteiger partial charge in [0.25, 0.3) is 0 Å². The SMILES string of the molecule is Br.Br.CN1C=CN(CN2C=CN(C)C2)C1. The van der Waals surface area contributed by atoms with Crippen molar-refractivity contribution in [2.24, 2.45) is 0 Å². The van der Waals surface area contributed by atoms with E-state index in [1.54, 1.807) is 0 Å². The smallest absolute Gasteiger partial charge is 0.0927 e. The van der Waals surface area contributed by atoms with E-state index < -0.39 is 0 Å². The van der Waals surface area contributed by atoms with Gasteiger partial charge in [-0.3, -0.25) is 0 Å². The van der Waals surface area contributed by atoms with Crippen molar-refractivity contribution in [1.82, 2.24) is 19.6 Å². The minimum atomic E-state index is 0. The zero-order chi connectivity index (χ0) is 9.26. The molecule has 88 valence electrons. The molecule has 2 aliphatic heterocycles. The number of hydrogen-bond donors (Lipinski definition) is 0. The third kappa shape index (κ3) is 3.95. The highest BCUT2D eigenvalue weighted by molar-refractivity contribution is 8.93. The molecule has 0 atom stereocenters.